The third-order valence-electron chi connectivity index (χ3n) is 3.48. The molecule has 1 unspecified atom stereocenters. The normalized spacial score (nSPS) is 13.1. The number of hydrogen-bond donors (Lipinski definition) is 0. The van der Waals surface area contributed by atoms with Gasteiger partial charge in [0.1, 0.15) is 0 Å². The topological polar surface area (TPSA) is 9.23 Å². The van der Waals surface area contributed by atoms with Crippen LogP contribution >= 0.6 is 7.76 Å². The van der Waals surface area contributed by atoms with Crippen LogP contribution in [0.1, 0.15) is 41.5 Å². The molecule has 16 heavy (non-hydrogen) atoms. The van der Waals surface area contributed by atoms with Gasteiger partial charge in [-0.25, -0.2) is 0 Å². The van der Waals surface area contributed by atoms with E-state index in [4.69, 9.17) is 4.21 Å². The molecule has 0 spiro atoms. The number of hydrogen-bond acceptors (Lipinski definition) is 1. The molecule has 3 heteroatoms. The molecule has 1 rings (SSSR count). The molecule has 0 fully saturated rings. The lowest BCUT2D eigenvalue weighted by Gasteiger charge is -2.41. The van der Waals surface area contributed by atoms with Crippen LogP contribution in [-0.4, -0.2) is 8.32 Å². The second-order valence-electron chi connectivity index (χ2n) is 5.37. The molecule has 0 aromatic carbocycles. The standard InChI is InChI=1S/C13H24OPSi/c1-11(2)16(12(3)4,13(5)6)14-15-9-7-8-10-15/h7-9,11-13H,1-6H3. The zero-order valence-electron chi connectivity index (χ0n) is 11.3. The van der Waals surface area contributed by atoms with E-state index in [2.05, 4.69) is 59.2 Å². The van der Waals surface area contributed by atoms with Crippen LogP contribution in [0, 0.1) is 5.80 Å². The molecule has 1 aromatic rings. The van der Waals surface area contributed by atoms with E-state index in [0.29, 0.717) is 16.6 Å². The van der Waals surface area contributed by atoms with Crippen LogP contribution in [0.25, 0.3) is 0 Å². The van der Waals surface area contributed by atoms with Gasteiger partial charge in [-0.15, -0.1) is 0 Å². The smallest absolute Gasteiger partial charge is 0.213 e. The highest BCUT2D eigenvalue weighted by atomic mass is 31.1. The van der Waals surface area contributed by atoms with Crippen LogP contribution in [0.2, 0.25) is 16.6 Å². The lowest BCUT2D eigenvalue weighted by atomic mass is 10.5. The molecule has 91 valence electrons. The molecular weight excluding hydrogens is 231 g/mol. The van der Waals surface area contributed by atoms with E-state index in [1.54, 1.807) is 0 Å². The van der Waals surface area contributed by atoms with Crippen LogP contribution in [0.4, 0.5) is 0 Å². The Kier molecular flexibility index (Phi) is 4.84. The van der Waals surface area contributed by atoms with Gasteiger partial charge in [0.15, 0.2) is 0 Å². The van der Waals surface area contributed by atoms with Crippen molar-refractivity contribution >= 4 is 16.1 Å². The molecule has 0 bridgehead atoms. The predicted octanol–water partition coefficient (Wildman–Crippen LogP) is 5.08. The first-order valence-electron chi connectivity index (χ1n) is 6.15. The summed E-state index contributed by atoms with van der Waals surface area (Å²) in [4.78, 5) is 0. The first-order chi connectivity index (χ1) is 7.41. The Hall–Kier alpha value is -0.0431. The van der Waals surface area contributed by atoms with Gasteiger partial charge < -0.3 is 4.21 Å². The van der Waals surface area contributed by atoms with Gasteiger partial charge in [0.05, 0.1) is 0 Å². The fourth-order valence-corrected chi connectivity index (χ4v) is 11.7. The Morgan fingerprint density at radius 3 is 1.81 bits per heavy atom. The van der Waals surface area contributed by atoms with Crippen molar-refractivity contribution in [2.24, 2.45) is 0 Å². The minimum Gasteiger partial charge on any atom is -0.370 e. The zero-order valence-corrected chi connectivity index (χ0v) is 13.2. The van der Waals surface area contributed by atoms with E-state index >= 15 is 0 Å². The Bertz CT molecular complexity index is 282. The van der Waals surface area contributed by atoms with Gasteiger partial charge in [-0.1, -0.05) is 47.6 Å². The summed E-state index contributed by atoms with van der Waals surface area (Å²) in [7, 11) is -2.25. The molecule has 0 aliphatic heterocycles. The highest BCUT2D eigenvalue weighted by Gasteiger charge is 2.45. The maximum absolute atomic E-state index is 6.56. The van der Waals surface area contributed by atoms with E-state index in [9.17, 15) is 0 Å². The van der Waals surface area contributed by atoms with Crippen molar-refractivity contribution in [2.45, 2.75) is 58.2 Å². The maximum atomic E-state index is 6.56. The zero-order chi connectivity index (χ0) is 12.3. The number of rotatable bonds is 5. The van der Waals surface area contributed by atoms with Crippen LogP contribution in [-0.2, 0) is 0 Å². The monoisotopic (exact) mass is 255 g/mol. The third-order valence-corrected chi connectivity index (χ3v) is 11.8. The minimum absolute atomic E-state index is 0.555. The van der Waals surface area contributed by atoms with Crippen LogP contribution in [0.3, 0.4) is 0 Å². The lowest BCUT2D eigenvalue weighted by molar-refractivity contribution is 0.586. The second kappa shape index (κ2) is 5.53. The van der Waals surface area contributed by atoms with Crippen molar-refractivity contribution in [3.05, 3.63) is 23.7 Å². The molecule has 0 aliphatic carbocycles. The van der Waals surface area contributed by atoms with E-state index < -0.39 is 16.1 Å². The first kappa shape index (κ1) is 14.0. The van der Waals surface area contributed by atoms with Gasteiger partial charge in [-0.2, -0.15) is 0 Å². The summed E-state index contributed by atoms with van der Waals surface area (Å²) in [6.45, 7) is 13.9. The molecule has 1 atom stereocenters. The van der Waals surface area contributed by atoms with Crippen molar-refractivity contribution in [2.75, 3.05) is 0 Å². The van der Waals surface area contributed by atoms with E-state index in [1.807, 2.05) is 6.07 Å². The van der Waals surface area contributed by atoms with Crippen molar-refractivity contribution in [1.29, 1.82) is 0 Å². The van der Waals surface area contributed by atoms with E-state index in [0.717, 1.165) is 0 Å². The lowest BCUT2D eigenvalue weighted by Crippen LogP contribution is -2.50. The summed E-state index contributed by atoms with van der Waals surface area (Å²) in [5, 5.41) is 0. The molecule has 0 amide bonds. The maximum Gasteiger partial charge on any atom is 0.213 e. The van der Waals surface area contributed by atoms with Crippen molar-refractivity contribution in [3.63, 3.8) is 0 Å². The van der Waals surface area contributed by atoms with Gasteiger partial charge in [-0.3, -0.25) is 0 Å². The quantitative estimate of drug-likeness (QED) is 0.667. The Labute approximate surface area is 102 Å². The SMILES string of the molecule is CC(C)[Si](Op1[c]ccc1)(C(C)C)C(C)C. The molecule has 0 N–H and O–H groups in total. The summed E-state index contributed by atoms with van der Waals surface area (Å²) < 4.78 is 6.56. The summed E-state index contributed by atoms with van der Waals surface area (Å²) >= 11 is 0. The first-order valence-corrected chi connectivity index (χ1v) is 9.62. The average Bonchev–Trinajstić information content (AvgIpc) is 2.64. The molecule has 1 aromatic heterocycles. The van der Waals surface area contributed by atoms with E-state index in [1.165, 1.54) is 0 Å². The summed E-state index contributed by atoms with van der Waals surface area (Å²) in [6.07, 6.45) is 0. The van der Waals surface area contributed by atoms with Gasteiger partial charge in [0.2, 0.25) is 8.32 Å². The van der Waals surface area contributed by atoms with Gasteiger partial charge in [0.25, 0.3) is 0 Å². The van der Waals surface area contributed by atoms with Crippen LogP contribution in [0.15, 0.2) is 17.9 Å². The van der Waals surface area contributed by atoms with Gasteiger partial charge in [0, 0.05) is 13.6 Å². The molecule has 0 saturated heterocycles. The van der Waals surface area contributed by atoms with Crippen molar-refractivity contribution < 1.29 is 4.21 Å². The van der Waals surface area contributed by atoms with Crippen molar-refractivity contribution in [3.8, 4) is 0 Å². The summed E-state index contributed by atoms with van der Waals surface area (Å²) in [5.41, 5.74) is 1.97. The molecule has 0 aliphatic rings. The Morgan fingerprint density at radius 1 is 1.00 bits per heavy atom. The molecular formula is C13H24OPSi. The predicted molar refractivity (Wildman–Crippen MR) is 75.6 cm³/mol. The minimum atomic E-state index is -1.70. The molecule has 1 nitrogen and oxygen atoms in total. The van der Waals surface area contributed by atoms with Crippen molar-refractivity contribution in [1.82, 2.24) is 0 Å². The molecule has 1 radical (unpaired) electrons. The fraction of sp³-hybridized carbons (Fsp3) is 0.692. The van der Waals surface area contributed by atoms with Gasteiger partial charge in [-0.05, 0) is 28.5 Å². The molecule has 1 heterocycles. The van der Waals surface area contributed by atoms with E-state index in [-0.39, 0.29) is 0 Å². The highest BCUT2D eigenvalue weighted by molar-refractivity contribution is 7.45. The summed E-state index contributed by atoms with van der Waals surface area (Å²) in [6, 6.07) is 4.05. The largest absolute Gasteiger partial charge is 0.370 e. The fourth-order valence-electron chi connectivity index (χ4n) is 2.82. The van der Waals surface area contributed by atoms with Gasteiger partial charge >= 0.3 is 0 Å². The average molecular weight is 255 g/mol. The van der Waals surface area contributed by atoms with Crippen LogP contribution in [0.5, 0.6) is 0 Å². The third kappa shape index (κ3) is 2.61. The highest BCUT2D eigenvalue weighted by Crippen LogP contribution is 2.45. The van der Waals surface area contributed by atoms with Crippen LogP contribution < -0.4 is 4.21 Å². The molecule has 0 saturated carbocycles. The summed E-state index contributed by atoms with van der Waals surface area (Å²) in [5.74, 6) is 5.49. The Morgan fingerprint density at radius 2 is 1.50 bits per heavy atom. The second-order valence-corrected chi connectivity index (χ2v) is 12.5. The Balaban J connectivity index is 3.02.